The minimum atomic E-state index is -0.388. The standard InChI is InChI=1S/C25H24FN5O2/c1-15-10-16(27)13-31(12-15)22-8-9-28-11-21(22)30-25(32)20-6-7-23-24(29-20)18(14-33-23)17-4-2-3-5-19(17)26/h2-9,11,14-16H,10,12-13,27H2,1H3,(H,30,32). The summed E-state index contributed by atoms with van der Waals surface area (Å²) < 4.78 is 19.9. The average molecular weight is 445 g/mol. The van der Waals surface area contributed by atoms with E-state index in [-0.39, 0.29) is 23.5 Å². The van der Waals surface area contributed by atoms with E-state index in [1.807, 2.05) is 6.07 Å². The van der Waals surface area contributed by atoms with Gasteiger partial charge in [-0.25, -0.2) is 9.37 Å². The number of nitrogens with two attached hydrogens (primary N) is 1. The molecule has 1 aromatic carbocycles. The highest BCUT2D eigenvalue weighted by atomic mass is 19.1. The summed E-state index contributed by atoms with van der Waals surface area (Å²) in [5.41, 5.74) is 9.64. The number of fused-ring (bicyclic) bond motifs is 1. The van der Waals surface area contributed by atoms with Gasteiger partial charge in [-0.05, 0) is 36.6 Å². The number of nitrogens with one attached hydrogen (secondary N) is 1. The Labute approximate surface area is 190 Å². The van der Waals surface area contributed by atoms with Crippen molar-refractivity contribution < 1.29 is 13.6 Å². The lowest BCUT2D eigenvalue weighted by Gasteiger charge is -2.37. The lowest BCUT2D eigenvalue weighted by atomic mass is 9.96. The molecule has 0 bridgehead atoms. The van der Waals surface area contributed by atoms with Crippen LogP contribution in [0.2, 0.25) is 0 Å². The summed E-state index contributed by atoms with van der Waals surface area (Å²) >= 11 is 0. The number of pyridine rings is 2. The molecule has 2 unspecified atom stereocenters. The molecule has 2 atom stereocenters. The first-order valence-electron chi connectivity index (χ1n) is 10.9. The van der Waals surface area contributed by atoms with Crippen molar-refractivity contribution in [3.8, 4) is 11.1 Å². The monoisotopic (exact) mass is 445 g/mol. The normalized spacial score (nSPS) is 18.5. The molecule has 3 N–H and O–H groups in total. The van der Waals surface area contributed by atoms with E-state index in [9.17, 15) is 9.18 Å². The third-order valence-corrected chi connectivity index (χ3v) is 5.89. The average Bonchev–Trinajstić information content (AvgIpc) is 3.22. The number of rotatable bonds is 4. The summed E-state index contributed by atoms with van der Waals surface area (Å²) in [7, 11) is 0. The zero-order valence-corrected chi connectivity index (χ0v) is 18.2. The van der Waals surface area contributed by atoms with E-state index in [1.54, 1.807) is 42.7 Å². The van der Waals surface area contributed by atoms with E-state index in [0.29, 0.717) is 40.4 Å². The second kappa shape index (κ2) is 8.63. The highest BCUT2D eigenvalue weighted by Gasteiger charge is 2.25. The molecule has 0 saturated carbocycles. The molecule has 1 aliphatic heterocycles. The molecule has 5 rings (SSSR count). The van der Waals surface area contributed by atoms with Gasteiger partial charge in [-0.3, -0.25) is 9.78 Å². The van der Waals surface area contributed by atoms with Gasteiger partial charge < -0.3 is 20.4 Å². The molecule has 168 valence electrons. The summed E-state index contributed by atoms with van der Waals surface area (Å²) in [4.78, 5) is 24.0. The summed E-state index contributed by atoms with van der Waals surface area (Å²) in [6, 6.07) is 11.6. The Hall–Kier alpha value is -3.78. The Bertz CT molecular complexity index is 1310. The van der Waals surface area contributed by atoms with Gasteiger partial charge >= 0.3 is 0 Å². The van der Waals surface area contributed by atoms with E-state index >= 15 is 0 Å². The van der Waals surface area contributed by atoms with Crippen LogP contribution < -0.4 is 16.0 Å². The third kappa shape index (κ3) is 4.17. The van der Waals surface area contributed by atoms with Crippen LogP contribution in [0.1, 0.15) is 23.8 Å². The number of carbonyl (C=O) groups is 1. The SMILES string of the molecule is CC1CC(N)CN(c2ccncc2NC(=O)c2ccc3occ(-c4ccccc4F)c3n2)C1. The number of furan rings is 1. The van der Waals surface area contributed by atoms with Crippen molar-refractivity contribution in [2.45, 2.75) is 19.4 Å². The number of carbonyl (C=O) groups excluding carboxylic acids is 1. The Balaban J connectivity index is 1.45. The van der Waals surface area contributed by atoms with E-state index in [0.717, 1.165) is 18.7 Å². The summed E-state index contributed by atoms with van der Waals surface area (Å²) in [6.07, 6.45) is 5.76. The van der Waals surface area contributed by atoms with Crippen molar-refractivity contribution in [1.82, 2.24) is 9.97 Å². The van der Waals surface area contributed by atoms with Crippen molar-refractivity contribution in [3.63, 3.8) is 0 Å². The maximum absolute atomic E-state index is 14.3. The molecule has 7 nitrogen and oxygen atoms in total. The van der Waals surface area contributed by atoms with Crippen molar-refractivity contribution in [3.05, 3.63) is 72.6 Å². The molecule has 1 fully saturated rings. The van der Waals surface area contributed by atoms with Crippen molar-refractivity contribution in [1.29, 1.82) is 0 Å². The first-order valence-corrected chi connectivity index (χ1v) is 10.9. The lowest BCUT2D eigenvalue weighted by molar-refractivity contribution is 0.102. The van der Waals surface area contributed by atoms with Gasteiger partial charge in [-0.2, -0.15) is 0 Å². The second-order valence-corrected chi connectivity index (χ2v) is 8.53. The van der Waals surface area contributed by atoms with Crippen LogP contribution in [0.3, 0.4) is 0 Å². The zero-order chi connectivity index (χ0) is 22.9. The number of aromatic nitrogens is 2. The second-order valence-electron chi connectivity index (χ2n) is 8.53. The van der Waals surface area contributed by atoms with Crippen molar-refractivity contribution >= 4 is 28.4 Å². The lowest BCUT2D eigenvalue weighted by Crippen LogP contribution is -2.46. The number of nitrogens with zero attached hydrogens (tertiary/aromatic N) is 3. The minimum absolute atomic E-state index is 0.0763. The van der Waals surface area contributed by atoms with Gasteiger partial charge in [0.05, 0.1) is 17.6 Å². The molecule has 1 saturated heterocycles. The van der Waals surface area contributed by atoms with Crippen LogP contribution in [0, 0.1) is 11.7 Å². The molecule has 4 aromatic rings. The summed E-state index contributed by atoms with van der Waals surface area (Å²) in [5.74, 6) is -0.320. The van der Waals surface area contributed by atoms with E-state index in [1.165, 1.54) is 12.3 Å². The van der Waals surface area contributed by atoms with Crippen LogP contribution in [0.25, 0.3) is 22.2 Å². The molecule has 33 heavy (non-hydrogen) atoms. The molecule has 4 heterocycles. The first kappa shape index (κ1) is 21.1. The highest BCUT2D eigenvalue weighted by Crippen LogP contribution is 2.32. The van der Waals surface area contributed by atoms with Crippen LogP contribution >= 0.6 is 0 Å². The fourth-order valence-electron chi connectivity index (χ4n) is 4.45. The van der Waals surface area contributed by atoms with E-state index in [4.69, 9.17) is 10.2 Å². The summed E-state index contributed by atoms with van der Waals surface area (Å²) in [6.45, 7) is 3.73. The maximum atomic E-state index is 14.3. The predicted octanol–water partition coefficient (Wildman–Crippen LogP) is 4.45. The molecule has 8 heteroatoms. The number of piperidine rings is 1. The number of hydrogen-bond acceptors (Lipinski definition) is 6. The van der Waals surface area contributed by atoms with Crippen LogP contribution in [-0.2, 0) is 0 Å². The Morgan fingerprint density at radius 1 is 1.18 bits per heavy atom. The van der Waals surface area contributed by atoms with Gasteiger partial charge in [-0.1, -0.05) is 25.1 Å². The number of benzene rings is 1. The van der Waals surface area contributed by atoms with Crippen LogP contribution in [0.4, 0.5) is 15.8 Å². The van der Waals surface area contributed by atoms with Crippen LogP contribution in [-0.4, -0.2) is 35.0 Å². The number of amides is 1. The zero-order valence-electron chi connectivity index (χ0n) is 18.2. The van der Waals surface area contributed by atoms with Gasteiger partial charge in [0.1, 0.15) is 23.3 Å². The molecular weight excluding hydrogens is 421 g/mol. The van der Waals surface area contributed by atoms with Crippen LogP contribution in [0.15, 0.2) is 65.5 Å². The molecule has 0 spiro atoms. The van der Waals surface area contributed by atoms with Crippen molar-refractivity contribution in [2.24, 2.45) is 11.7 Å². The third-order valence-electron chi connectivity index (χ3n) is 5.89. The van der Waals surface area contributed by atoms with Gasteiger partial charge in [0.2, 0.25) is 0 Å². The largest absolute Gasteiger partial charge is 0.462 e. The Morgan fingerprint density at radius 2 is 2.03 bits per heavy atom. The number of anilines is 2. The fraction of sp³-hybridized carbons (Fsp3) is 0.240. The van der Waals surface area contributed by atoms with Crippen LogP contribution in [0.5, 0.6) is 0 Å². The van der Waals surface area contributed by atoms with Gasteiger partial charge in [0.25, 0.3) is 5.91 Å². The highest BCUT2D eigenvalue weighted by molar-refractivity contribution is 6.06. The first-order chi connectivity index (χ1) is 16.0. The molecule has 1 amide bonds. The molecule has 0 radical (unpaired) electrons. The topological polar surface area (TPSA) is 97.3 Å². The van der Waals surface area contributed by atoms with E-state index in [2.05, 4.69) is 27.1 Å². The van der Waals surface area contributed by atoms with E-state index < -0.39 is 0 Å². The van der Waals surface area contributed by atoms with Gasteiger partial charge in [-0.15, -0.1) is 0 Å². The predicted molar refractivity (Wildman–Crippen MR) is 126 cm³/mol. The smallest absolute Gasteiger partial charge is 0.274 e. The fourth-order valence-corrected chi connectivity index (χ4v) is 4.45. The Morgan fingerprint density at radius 3 is 2.85 bits per heavy atom. The molecule has 0 aliphatic carbocycles. The van der Waals surface area contributed by atoms with Gasteiger partial charge in [0.15, 0.2) is 5.58 Å². The molecular formula is C25H24FN5O2. The minimum Gasteiger partial charge on any atom is -0.462 e. The molecule has 1 aliphatic rings. The summed E-state index contributed by atoms with van der Waals surface area (Å²) in [5, 5.41) is 2.93. The molecule has 3 aromatic heterocycles. The quantitative estimate of drug-likeness (QED) is 0.482. The maximum Gasteiger partial charge on any atom is 0.274 e. The Kier molecular flexibility index (Phi) is 5.51. The van der Waals surface area contributed by atoms with Crippen molar-refractivity contribution in [2.75, 3.05) is 23.3 Å². The number of halogens is 1. The number of hydrogen-bond donors (Lipinski definition) is 2. The van der Waals surface area contributed by atoms with Gasteiger partial charge in [0, 0.05) is 36.5 Å².